The predicted octanol–water partition coefficient (Wildman–Crippen LogP) is -0.413. The van der Waals surface area contributed by atoms with Crippen LogP contribution in [0.25, 0.3) is 0 Å². The Morgan fingerprint density at radius 1 is 1.71 bits per heavy atom. The van der Waals surface area contributed by atoms with Crippen molar-refractivity contribution >= 4 is 32.2 Å². The fourth-order valence-electron chi connectivity index (χ4n) is 0.230. The van der Waals surface area contributed by atoms with Gasteiger partial charge in [0.2, 0.25) is 0 Å². The molecule has 1 nitrogen and oxygen atoms in total. The fraction of sp³-hybridized carbons (Fsp3) is 0. The second kappa shape index (κ2) is 3.98. The molecule has 0 amide bonds. The van der Waals surface area contributed by atoms with Crippen molar-refractivity contribution in [3.63, 3.8) is 0 Å². The molecule has 0 saturated carbocycles. The minimum Gasteiger partial charge on any atom is 0 e. The van der Waals surface area contributed by atoms with Crippen LogP contribution in [0.15, 0.2) is 9.86 Å². The summed E-state index contributed by atoms with van der Waals surface area (Å²) in [5.41, 5.74) is 0. The number of allylic oxidation sites excluding steroid dienone is 1. The molecule has 0 atom stereocenters. The van der Waals surface area contributed by atoms with E-state index in [1.807, 2.05) is 6.08 Å². The number of rotatable bonds is 1. The summed E-state index contributed by atoms with van der Waals surface area (Å²) in [6.45, 7) is 0. The van der Waals surface area contributed by atoms with E-state index in [9.17, 15) is 4.79 Å². The summed E-state index contributed by atoms with van der Waals surface area (Å²) in [5, 5.41) is 0. The van der Waals surface area contributed by atoms with Crippen molar-refractivity contribution in [3.05, 3.63) is 9.86 Å². The van der Waals surface area contributed by atoms with E-state index >= 15 is 0 Å². The largest absolute Gasteiger partial charge is 0 e. The molecule has 1 rings (SSSR count). The minimum absolute atomic E-state index is 0. The van der Waals surface area contributed by atoms with Crippen LogP contribution < -0.4 is 0 Å². The first-order chi connectivity index (χ1) is 2.93. The van der Waals surface area contributed by atoms with Crippen LogP contribution in [0.5, 0.6) is 0 Å². The van der Waals surface area contributed by atoms with Gasteiger partial charge in [-0.3, -0.25) is 0 Å². The van der Waals surface area contributed by atoms with Gasteiger partial charge in [-0.25, -0.2) is 0 Å². The van der Waals surface area contributed by atoms with Crippen LogP contribution in [0, 0.1) is 0 Å². The monoisotopic (exact) mass is 366 g/mol. The smallest absolute Gasteiger partial charge is 0 e. The van der Waals surface area contributed by atoms with E-state index in [-0.39, 0.29) is 26.2 Å². The van der Waals surface area contributed by atoms with E-state index in [4.69, 9.17) is 0 Å². The van der Waals surface area contributed by atoms with Crippen LogP contribution in [0.2, 0.25) is 0 Å². The second-order valence-electron chi connectivity index (χ2n) is 0.988. The molecule has 0 fully saturated rings. The third kappa shape index (κ3) is 2.19. The zero-order valence-electron chi connectivity index (χ0n) is 3.59. The van der Waals surface area contributed by atoms with Gasteiger partial charge in [0, 0.05) is 26.2 Å². The molecule has 0 aromatic heterocycles. The van der Waals surface area contributed by atoms with E-state index in [2.05, 4.69) is 3.78 Å². The van der Waals surface area contributed by atoms with Gasteiger partial charge in [-0.2, -0.15) is 0 Å². The third-order valence-corrected chi connectivity index (χ3v) is 3.90. The predicted molar refractivity (Wildman–Crippen MR) is 26.0 cm³/mol. The summed E-state index contributed by atoms with van der Waals surface area (Å²) in [6, 6.07) is 0. The molecule has 0 spiro atoms. The Balaban J connectivity index is 0.000000360. The molecular weight excluding hydrogens is 364 g/mol. The maximum Gasteiger partial charge on any atom is 0 e. The van der Waals surface area contributed by atoms with E-state index in [0.717, 1.165) is 9.49 Å². The number of hydrogen-bond donors (Lipinski definition) is 0. The SMILES string of the molecule is O=C[C]1=[Bi][CH]=C1.[Zr]. The van der Waals surface area contributed by atoms with Crippen molar-refractivity contribution in [2.24, 2.45) is 0 Å². The molecule has 3 heteroatoms. The quantitative estimate of drug-likeness (QED) is 0.455. The molecule has 1 aliphatic heterocycles. The van der Waals surface area contributed by atoms with Crippen molar-refractivity contribution in [2.45, 2.75) is 0 Å². The summed E-state index contributed by atoms with van der Waals surface area (Å²) < 4.78 is 3.24. The first-order valence-electron chi connectivity index (χ1n) is 1.63. The summed E-state index contributed by atoms with van der Waals surface area (Å²) in [6.07, 6.45) is 2.88. The summed E-state index contributed by atoms with van der Waals surface area (Å²) in [7, 11) is 0. The maximum absolute atomic E-state index is 9.74. The van der Waals surface area contributed by atoms with Crippen molar-refractivity contribution in [2.75, 3.05) is 0 Å². The number of hydrogen-bond acceptors (Lipinski definition) is 1. The zero-order valence-corrected chi connectivity index (χ0v) is 9.52. The van der Waals surface area contributed by atoms with Crippen molar-refractivity contribution in [1.82, 2.24) is 0 Å². The molecule has 0 N–H and O–H groups in total. The van der Waals surface area contributed by atoms with Gasteiger partial charge in [0.15, 0.2) is 0 Å². The van der Waals surface area contributed by atoms with Crippen LogP contribution in [0.3, 0.4) is 0 Å². The van der Waals surface area contributed by atoms with Crippen molar-refractivity contribution in [1.29, 1.82) is 0 Å². The molecule has 0 radical (unpaired) electrons. The summed E-state index contributed by atoms with van der Waals surface area (Å²) >= 11 is -0.410. The van der Waals surface area contributed by atoms with E-state index in [1.54, 1.807) is 0 Å². The minimum atomic E-state index is -0.410. The Bertz CT molecular complexity index is 124. The first-order valence-corrected chi connectivity index (χ1v) is 5.37. The topological polar surface area (TPSA) is 17.1 Å². The van der Waals surface area contributed by atoms with Gasteiger partial charge in [0.25, 0.3) is 0 Å². The van der Waals surface area contributed by atoms with Gasteiger partial charge >= 0.3 is 46.9 Å². The van der Waals surface area contributed by atoms with Gasteiger partial charge in [0.05, 0.1) is 0 Å². The Kier molecular flexibility index (Phi) is 4.57. The maximum atomic E-state index is 9.74. The number of aldehydes is 1. The molecular formula is C4H3BiOZr. The van der Waals surface area contributed by atoms with E-state index < -0.39 is 22.8 Å². The fourth-order valence-corrected chi connectivity index (χ4v) is 1.72. The average molecular weight is 367 g/mol. The summed E-state index contributed by atoms with van der Waals surface area (Å²) in [4.78, 5) is 9.74. The van der Waals surface area contributed by atoms with Gasteiger partial charge in [-0.05, 0) is 0 Å². The molecule has 1 heterocycles. The van der Waals surface area contributed by atoms with Gasteiger partial charge in [-0.1, -0.05) is 0 Å². The van der Waals surface area contributed by atoms with Crippen LogP contribution in [-0.2, 0) is 31.0 Å². The van der Waals surface area contributed by atoms with Crippen LogP contribution in [0.4, 0.5) is 0 Å². The van der Waals surface area contributed by atoms with E-state index in [1.165, 1.54) is 0 Å². The molecule has 0 aliphatic carbocycles. The molecule has 0 saturated heterocycles. The van der Waals surface area contributed by atoms with Crippen LogP contribution in [-0.4, -0.2) is 32.2 Å². The molecule has 0 aromatic rings. The normalized spacial score (nSPS) is 13.4. The molecule has 7 heavy (non-hydrogen) atoms. The first kappa shape index (κ1) is 8.05. The Morgan fingerprint density at radius 3 is 2.29 bits per heavy atom. The summed E-state index contributed by atoms with van der Waals surface area (Å²) in [5.74, 6) is 0. The molecule has 1 aliphatic rings. The van der Waals surface area contributed by atoms with Gasteiger partial charge in [-0.15, -0.1) is 0 Å². The van der Waals surface area contributed by atoms with Crippen LogP contribution >= 0.6 is 0 Å². The van der Waals surface area contributed by atoms with Crippen molar-refractivity contribution < 1.29 is 31.0 Å². The molecule has 0 bridgehead atoms. The Morgan fingerprint density at radius 2 is 2.29 bits per heavy atom. The standard InChI is InChI=1S/C4H3O.Bi.Zr/c1-2-3-4-5;;/h1-2,4H;;. The average Bonchev–Trinajstić information content (AvgIpc) is 1.31. The molecule has 34 valence electrons. The Labute approximate surface area is 72.3 Å². The van der Waals surface area contributed by atoms with Crippen LogP contribution in [0.1, 0.15) is 0 Å². The zero-order chi connectivity index (χ0) is 4.41. The molecule has 0 unspecified atom stereocenters. The molecule has 0 aromatic carbocycles. The Hall–Kier alpha value is 1.05. The van der Waals surface area contributed by atoms with E-state index in [0.29, 0.717) is 0 Å². The van der Waals surface area contributed by atoms with Crippen molar-refractivity contribution in [3.8, 4) is 0 Å². The third-order valence-electron chi connectivity index (χ3n) is 0.590. The second-order valence-corrected chi connectivity index (χ2v) is 5.16. The number of carbonyl (C=O) groups excluding carboxylic acids is 1. The van der Waals surface area contributed by atoms with Gasteiger partial charge < -0.3 is 0 Å². The number of carbonyl (C=O) groups is 1. The van der Waals surface area contributed by atoms with Gasteiger partial charge in [0.1, 0.15) is 0 Å².